The molecule has 0 spiro atoms. The fourth-order valence-corrected chi connectivity index (χ4v) is 1.24. The Hall–Kier alpha value is -0.650. The molecule has 0 fully saturated rings. The molecule has 0 saturated carbocycles. The van der Waals surface area contributed by atoms with Gasteiger partial charge in [0.1, 0.15) is 6.61 Å². The molecule has 96 valence electrons. The monoisotopic (exact) mass is 233 g/mol. The van der Waals surface area contributed by atoms with Gasteiger partial charge in [-0.15, -0.1) is 0 Å². The molecule has 0 heterocycles. The summed E-state index contributed by atoms with van der Waals surface area (Å²) < 4.78 is 4.94. The maximum atomic E-state index is 11.2. The van der Waals surface area contributed by atoms with Crippen molar-refractivity contribution in [2.75, 3.05) is 19.7 Å². The lowest BCUT2D eigenvalue weighted by Gasteiger charge is -2.07. The minimum absolute atomic E-state index is 0.0913. The highest BCUT2D eigenvalue weighted by Crippen LogP contribution is 2.03. The molecule has 0 bridgehead atoms. The van der Waals surface area contributed by atoms with E-state index < -0.39 is 6.29 Å². The number of hydrogen-bond donors (Lipinski definition) is 3. The van der Waals surface area contributed by atoms with E-state index in [1.54, 1.807) is 0 Å². The molecule has 16 heavy (non-hydrogen) atoms. The Morgan fingerprint density at radius 2 is 2.06 bits per heavy atom. The number of nitrogens with one attached hydrogen (secondary N) is 1. The van der Waals surface area contributed by atoms with Crippen LogP contribution in [0.15, 0.2) is 0 Å². The molecule has 0 aliphatic carbocycles. The molecule has 0 aromatic rings. The SMILES string of the molecule is CCCCCCC(=O)OCCNCC(O)O. The first kappa shape index (κ1) is 15.3. The standard InChI is InChI=1S/C11H23NO4/c1-2-3-4-5-6-11(15)16-8-7-12-9-10(13)14/h10,12-14H,2-9H2,1H3. The number of carbonyl (C=O) groups excluding carboxylic acids is 1. The van der Waals surface area contributed by atoms with Gasteiger partial charge in [-0.05, 0) is 6.42 Å². The number of ether oxygens (including phenoxy) is 1. The van der Waals surface area contributed by atoms with Crippen LogP contribution in [0.4, 0.5) is 0 Å². The zero-order valence-electron chi connectivity index (χ0n) is 9.95. The molecule has 0 amide bonds. The minimum atomic E-state index is -1.36. The van der Waals surface area contributed by atoms with Gasteiger partial charge in [-0.3, -0.25) is 4.79 Å². The van der Waals surface area contributed by atoms with Gasteiger partial charge in [0, 0.05) is 19.5 Å². The highest BCUT2D eigenvalue weighted by atomic mass is 16.5. The van der Waals surface area contributed by atoms with Gasteiger partial charge < -0.3 is 20.3 Å². The summed E-state index contributed by atoms with van der Waals surface area (Å²) >= 11 is 0. The van der Waals surface area contributed by atoms with E-state index in [0.29, 0.717) is 13.0 Å². The van der Waals surface area contributed by atoms with Gasteiger partial charge in [0.25, 0.3) is 0 Å². The summed E-state index contributed by atoms with van der Waals surface area (Å²) in [6.07, 6.45) is 3.38. The Labute approximate surface area is 96.8 Å². The predicted molar refractivity (Wildman–Crippen MR) is 60.8 cm³/mol. The Morgan fingerprint density at radius 3 is 2.69 bits per heavy atom. The van der Waals surface area contributed by atoms with Crippen LogP contribution < -0.4 is 5.32 Å². The van der Waals surface area contributed by atoms with Crippen LogP contribution in [0.25, 0.3) is 0 Å². The average Bonchev–Trinajstić information content (AvgIpc) is 2.23. The van der Waals surface area contributed by atoms with Gasteiger partial charge in [-0.1, -0.05) is 26.2 Å². The first-order valence-corrected chi connectivity index (χ1v) is 5.89. The number of aliphatic hydroxyl groups is 2. The Morgan fingerprint density at radius 1 is 1.31 bits per heavy atom. The van der Waals surface area contributed by atoms with Crippen molar-refractivity contribution in [3.8, 4) is 0 Å². The third-order valence-corrected chi connectivity index (χ3v) is 2.10. The molecule has 0 aliphatic rings. The van der Waals surface area contributed by atoms with Gasteiger partial charge >= 0.3 is 5.97 Å². The van der Waals surface area contributed by atoms with Gasteiger partial charge in [-0.25, -0.2) is 0 Å². The summed E-state index contributed by atoms with van der Waals surface area (Å²) in [5.74, 6) is -0.178. The maximum Gasteiger partial charge on any atom is 0.305 e. The lowest BCUT2D eigenvalue weighted by atomic mass is 10.2. The molecule has 0 saturated heterocycles. The smallest absolute Gasteiger partial charge is 0.305 e. The number of carbonyl (C=O) groups is 1. The van der Waals surface area contributed by atoms with Crippen LogP contribution in [-0.4, -0.2) is 42.2 Å². The van der Waals surface area contributed by atoms with Gasteiger partial charge in [-0.2, -0.15) is 0 Å². The zero-order valence-corrected chi connectivity index (χ0v) is 9.95. The molecule has 0 atom stereocenters. The first-order valence-electron chi connectivity index (χ1n) is 5.89. The largest absolute Gasteiger partial charge is 0.464 e. The first-order chi connectivity index (χ1) is 7.66. The summed E-state index contributed by atoms with van der Waals surface area (Å²) in [4.78, 5) is 11.2. The lowest BCUT2D eigenvalue weighted by molar-refractivity contribution is -0.143. The maximum absolute atomic E-state index is 11.2. The predicted octanol–water partition coefficient (Wildman–Crippen LogP) is 0.400. The summed E-state index contributed by atoms with van der Waals surface area (Å²) in [5, 5.41) is 19.8. The lowest BCUT2D eigenvalue weighted by Crippen LogP contribution is -2.29. The number of aliphatic hydroxyl groups excluding tert-OH is 1. The van der Waals surface area contributed by atoms with Crippen LogP contribution >= 0.6 is 0 Å². The van der Waals surface area contributed by atoms with E-state index in [1.165, 1.54) is 0 Å². The van der Waals surface area contributed by atoms with Gasteiger partial charge in [0.15, 0.2) is 6.29 Å². The van der Waals surface area contributed by atoms with Crippen LogP contribution in [0.2, 0.25) is 0 Å². The Kier molecular flexibility index (Phi) is 10.4. The molecule has 5 nitrogen and oxygen atoms in total. The number of esters is 1. The Bertz CT molecular complexity index is 173. The van der Waals surface area contributed by atoms with E-state index in [2.05, 4.69) is 12.2 Å². The second-order valence-corrected chi connectivity index (χ2v) is 3.72. The topological polar surface area (TPSA) is 78.8 Å². The van der Waals surface area contributed by atoms with Crippen LogP contribution in [0.1, 0.15) is 39.0 Å². The molecular weight excluding hydrogens is 210 g/mol. The summed E-state index contributed by atoms with van der Waals surface area (Å²) in [6.45, 7) is 2.94. The molecule has 0 rings (SSSR count). The number of rotatable bonds is 10. The molecule has 3 N–H and O–H groups in total. The summed E-state index contributed by atoms with van der Waals surface area (Å²) in [6, 6.07) is 0. The van der Waals surface area contributed by atoms with Crippen LogP contribution in [-0.2, 0) is 9.53 Å². The van der Waals surface area contributed by atoms with E-state index >= 15 is 0 Å². The van der Waals surface area contributed by atoms with Crippen molar-refractivity contribution in [1.82, 2.24) is 5.32 Å². The molecule has 0 radical (unpaired) electrons. The molecule has 5 heteroatoms. The van der Waals surface area contributed by atoms with Crippen molar-refractivity contribution < 1.29 is 19.7 Å². The molecule has 0 aromatic carbocycles. The van der Waals surface area contributed by atoms with Crippen molar-refractivity contribution in [3.05, 3.63) is 0 Å². The van der Waals surface area contributed by atoms with E-state index in [1.807, 2.05) is 0 Å². The Balaban J connectivity index is 3.17. The highest BCUT2D eigenvalue weighted by molar-refractivity contribution is 5.69. The molecular formula is C11H23NO4. The second kappa shape index (κ2) is 10.9. The third kappa shape index (κ3) is 11.4. The van der Waals surface area contributed by atoms with Crippen LogP contribution in [0.3, 0.4) is 0 Å². The van der Waals surface area contributed by atoms with Crippen molar-refractivity contribution in [2.45, 2.75) is 45.3 Å². The average molecular weight is 233 g/mol. The minimum Gasteiger partial charge on any atom is -0.464 e. The van der Waals surface area contributed by atoms with E-state index in [0.717, 1.165) is 25.7 Å². The number of unbranched alkanes of at least 4 members (excludes halogenated alkanes) is 3. The molecule has 0 unspecified atom stereocenters. The van der Waals surface area contributed by atoms with Crippen molar-refractivity contribution >= 4 is 5.97 Å². The molecule has 0 aliphatic heterocycles. The van der Waals surface area contributed by atoms with Crippen molar-refractivity contribution in [2.24, 2.45) is 0 Å². The van der Waals surface area contributed by atoms with E-state index in [9.17, 15) is 4.79 Å². The number of hydrogen-bond acceptors (Lipinski definition) is 5. The quantitative estimate of drug-likeness (QED) is 0.289. The van der Waals surface area contributed by atoms with Gasteiger partial charge in [0.2, 0.25) is 0 Å². The van der Waals surface area contributed by atoms with Crippen LogP contribution in [0, 0.1) is 0 Å². The normalized spacial score (nSPS) is 10.8. The fraction of sp³-hybridized carbons (Fsp3) is 0.909. The zero-order chi connectivity index (χ0) is 12.2. The summed E-state index contributed by atoms with van der Waals surface area (Å²) in [7, 11) is 0. The third-order valence-electron chi connectivity index (χ3n) is 2.10. The molecule has 0 aromatic heterocycles. The van der Waals surface area contributed by atoms with E-state index in [-0.39, 0.29) is 19.1 Å². The van der Waals surface area contributed by atoms with Crippen molar-refractivity contribution in [1.29, 1.82) is 0 Å². The van der Waals surface area contributed by atoms with Gasteiger partial charge in [0.05, 0.1) is 0 Å². The van der Waals surface area contributed by atoms with Crippen LogP contribution in [0.5, 0.6) is 0 Å². The second-order valence-electron chi connectivity index (χ2n) is 3.72. The highest BCUT2D eigenvalue weighted by Gasteiger charge is 2.02. The van der Waals surface area contributed by atoms with Crippen molar-refractivity contribution in [3.63, 3.8) is 0 Å². The fourth-order valence-electron chi connectivity index (χ4n) is 1.24. The van der Waals surface area contributed by atoms with E-state index in [4.69, 9.17) is 14.9 Å². The summed E-state index contributed by atoms with van der Waals surface area (Å²) in [5.41, 5.74) is 0.